The molecular weight excluding hydrogens is 449 g/mol. The molecule has 3 aromatic rings. The molecule has 0 spiro atoms. The standard InChI is InChI=1S/C25H25F3N2O2S/c1-16(2)29-14-23(31)30-11-10-18-12-19(8-9-22(18)30)32-15-20-13-21(17-6-4-3-5-7-17)24(33-20)25(26,27)28/h3-9,12-13,16,29H,10-11,14-15H2,1-2H3. The third kappa shape index (κ3) is 5.39. The topological polar surface area (TPSA) is 41.6 Å². The van der Waals surface area contributed by atoms with E-state index < -0.39 is 11.1 Å². The van der Waals surface area contributed by atoms with Crippen molar-refractivity contribution in [2.24, 2.45) is 0 Å². The number of carbonyl (C=O) groups excluding carboxylic acids is 1. The van der Waals surface area contributed by atoms with E-state index in [1.165, 1.54) is 0 Å². The second-order valence-corrected chi connectivity index (χ2v) is 9.37. The summed E-state index contributed by atoms with van der Waals surface area (Å²) in [6, 6.07) is 15.8. The van der Waals surface area contributed by atoms with Gasteiger partial charge in [0.05, 0.1) is 6.54 Å². The summed E-state index contributed by atoms with van der Waals surface area (Å²) in [4.78, 5) is 14.1. The first-order valence-corrected chi connectivity index (χ1v) is 11.6. The summed E-state index contributed by atoms with van der Waals surface area (Å²) in [5.74, 6) is 0.592. The molecule has 2 aromatic carbocycles. The summed E-state index contributed by atoms with van der Waals surface area (Å²) in [5, 5.41) is 3.14. The van der Waals surface area contributed by atoms with Crippen molar-refractivity contribution in [1.82, 2.24) is 5.32 Å². The maximum Gasteiger partial charge on any atom is 0.426 e. The Morgan fingerprint density at radius 3 is 2.61 bits per heavy atom. The van der Waals surface area contributed by atoms with Gasteiger partial charge in [0.15, 0.2) is 0 Å². The van der Waals surface area contributed by atoms with Crippen molar-refractivity contribution in [2.75, 3.05) is 18.0 Å². The quantitative estimate of drug-likeness (QED) is 0.464. The van der Waals surface area contributed by atoms with Crippen LogP contribution in [0.25, 0.3) is 11.1 Å². The molecule has 1 aromatic heterocycles. The molecule has 0 radical (unpaired) electrons. The number of nitrogens with zero attached hydrogens (tertiary/aromatic N) is 1. The van der Waals surface area contributed by atoms with Gasteiger partial charge in [-0.1, -0.05) is 44.2 Å². The summed E-state index contributed by atoms with van der Waals surface area (Å²) in [7, 11) is 0. The summed E-state index contributed by atoms with van der Waals surface area (Å²) < 4.78 is 46.6. The summed E-state index contributed by atoms with van der Waals surface area (Å²) in [6.45, 7) is 4.91. The minimum absolute atomic E-state index is 0.0165. The normalized spacial score (nSPS) is 13.5. The van der Waals surface area contributed by atoms with E-state index >= 15 is 0 Å². The Hall–Kier alpha value is -2.84. The van der Waals surface area contributed by atoms with Crippen LogP contribution in [-0.2, 0) is 24.0 Å². The lowest BCUT2D eigenvalue weighted by atomic mass is 10.1. The number of amides is 1. The van der Waals surface area contributed by atoms with E-state index in [2.05, 4.69) is 5.32 Å². The number of fused-ring (bicyclic) bond motifs is 1. The maximum atomic E-state index is 13.6. The Bertz CT molecular complexity index is 1130. The SMILES string of the molecule is CC(C)NCC(=O)N1CCc2cc(OCc3cc(-c4ccccc4)c(C(F)(F)F)s3)ccc21. The minimum atomic E-state index is -4.43. The van der Waals surface area contributed by atoms with Gasteiger partial charge in [-0.05, 0) is 41.8 Å². The molecule has 0 unspecified atom stereocenters. The fourth-order valence-corrected chi connectivity index (χ4v) is 4.78. The van der Waals surface area contributed by atoms with E-state index in [4.69, 9.17) is 4.74 Å². The highest BCUT2D eigenvalue weighted by Gasteiger charge is 2.36. The Morgan fingerprint density at radius 2 is 1.91 bits per heavy atom. The average Bonchev–Trinajstić information content (AvgIpc) is 3.41. The van der Waals surface area contributed by atoms with Crippen LogP contribution in [0.3, 0.4) is 0 Å². The lowest BCUT2D eigenvalue weighted by molar-refractivity contribution is -0.133. The van der Waals surface area contributed by atoms with Crippen LogP contribution in [-0.4, -0.2) is 25.0 Å². The molecule has 1 aliphatic rings. The highest BCUT2D eigenvalue weighted by Crippen LogP contribution is 2.43. The predicted molar refractivity (Wildman–Crippen MR) is 125 cm³/mol. The highest BCUT2D eigenvalue weighted by atomic mass is 32.1. The van der Waals surface area contributed by atoms with Gasteiger partial charge >= 0.3 is 6.18 Å². The molecule has 0 fully saturated rings. The molecule has 0 saturated heterocycles. The third-order valence-electron chi connectivity index (χ3n) is 5.42. The van der Waals surface area contributed by atoms with Crippen LogP contribution in [0.5, 0.6) is 5.75 Å². The predicted octanol–water partition coefficient (Wildman–Crippen LogP) is 5.90. The summed E-state index contributed by atoms with van der Waals surface area (Å²) in [5.41, 5.74) is 2.56. The molecule has 0 aliphatic carbocycles. The van der Waals surface area contributed by atoms with Gasteiger partial charge in [-0.25, -0.2) is 0 Å². The lowest BCUT2D eigenvalue weighted by Crippen LogP contribution is -2.39. The number of hydrogen-bond donors (Lipinski definition) is 1. The molecule has 4 nitrogen and oxygen atoms in total. The van der Waals surface area contributed by atoms with Crippen LogP contribution in [0, 0.1) is 0 Å². The number of rotatable bonds is 7. The van der Waals surface area contributed by atoms with Crippen molar-refractivity contribution in [2.45, 2.75) is 39.1 Å². The Balaban J connectivity index is 1.47. The monoisotopic (exact) mass is 474 g/mol. The van der Waals surface area contributed by atoms with Gasteiger partial charge in [0.25, 0.3) is 0 Å². The van der Waals surface area contributed by atoms with E-state index in [0.717, 1.165) is 17.7 Å². The number of thiophene rings is 1. The van der Waals surface area contributed by atoms with Crippen LogP contribution in [0.1, 0.15) is 29.2 Å². The first-order valence-electron chi connectivity index (χ1n) is 10.8. The van der Waals surface area contributed by atoms with E-state index in [1.807, 2.05) is 26.0 Å². The smallest absolute Gasteiger partial charge is 0.426 e. The van der Waals surface area contributed by atoms with Gasteiger partial charge in [0.2, 0.25) is 5.91 Å². The van der Waals surface area contributed by atoms with Crippen molar-refractivity contribution in [3.8, 4) is 16.9 Å². The van der Waals surface area contributed by atoms with Crippen LogP contribution in [0.2, 0.25) is 0 Å². The van der Waals surface area contributed by atoms with Crippen molar-refractivity contribution in [3.05, 3.63) is 69.9 Å². The first-order chi connectivity index (χ1) is 15.7. The zero-order valence-electron chi connectivity index (χ0n) is 18.4. The summed E-state index contributed by atoms with van der Waals surface area (Å²) in [6.07, 6.45) is -3.71. The fourth-order valence-electron chi connectivity index (χ4n) is 3.82. The lowest BCUT2D eigenvalue weighted by Gasteiger charge is -2.19. The van der Waals surface area contributed by atoms with E-state index in [1.54, 1.807) is 47.4 Å². The molecular formula is C25H25F3N2O2S. The van der Waals surface area contributed by atoms with E-state index in [-0.39, 0.29) is 30.7 Å². The van der Waals surface area contributed by atoms with Crippen molar-refractivity contribution in [3.63, 3.8) is 0 Å². The molecule has 1 amide bonds. The number of halogens is 3. The molecule has 0 saturated carbocycles. The Morgan fingerprint density at radius 1 is 1.15 bits per heavy atom. The molecule has 0 atom stereocenters. The van der Waals surface area contributed by atoms with Gasteiger partial charge in [0, 0.05) is 28.7 Å². The molecule has 174 valence electrons. The molecule has 4 rings (SSSR count). The number of alkyl halides is 3. The van der Waals surface area contributed by atoms with Gasteiger partial charge in [-0.15, -0.1) is 11.3 Å². The van der Waals surface area contributed by atoms with Gasteiger partial charge < -0.3 is 15.0 Å². The molecule has 8 heteroatoms. The second-order valence-electron chi connectivity index (χ2n) is 8.23. The van der Waals surface area contributed by atoms with Gasteiger partial charge in [-0.2, -0.15) is 13.2 Å². The van der Waals surface area contributed by atoms with Crippen molar-refractivity contribution in [1.29, 1.82) is 0 Å². The molecule has 1 N–H and O–H groups in total. The van der Waals surface area contributed by atoms with Crippen molar-refractivity contribution < 1.29 is 22.7 Å². The van der Waals surface area contributed by atoms with E-state index in [0.29, 0.717) is 34.1 Å². The fraction of sp³-hybridized carbons (Fsp3) is 0.320. The molecule has 1 aliphatic heterocycles. The minimum Gasteiger partial charge on any atom is -0.488 e. The second kappa shape index (κ2) is 9.57. The number of nitrogens with one attached hydrogen (secondary N) is 1. The van der Waals surface area contributed by atoms with Crippen molar-refractivity contribution >= 4 is 22.9 Å². The summed E-state index contributed by atoms with van der Waals surface area (Å²) >= 11 is 0.708. The first kappa shape index (κ1) is 23.3. The largest absolute Gasteiger partial charge is 0.488 e. The van der Waals surface area contributed by atoms with Gasteiger partial charge in [-0.3, -0.25) is 4.79 Å². The number of anilines is 1. The average molecular weight is 475 g/mol. The van der Waals surface area contributed by atoms with Gasteiger partial charge in [0.1, 0.15) is 17.2 Å². The zero-order chi connectivity index (χ0) is 23.6. The third-order valence-corrected chi connectivity index (χ3v) is 6.57. The van der Waals surface area contributed by atoms with Crippen LogP contribution < -0.4 is 15.0 Å². The van der Waals surface area contributed by atoms with E-state index in [9.17, 15) is 18.0 Å². The number of hydrogen-bond acceptors (Lipinski definition) is 4. The maximum absolute atomic E-state index is 13.6. The van der Waals surface area contributed by atoms with Crippen LogP contribution in [0.4, 0.5) is 18.9 Å². The number of carbonyl (C=O) groups is 1. The molecule has 0 bridgehead atoms. The molecule has 2 heterocycles. The van der Waals surface area contributed by atoms with Crippen LogP contribution >= 0.6 is 11.3 Å². The number of benzene rings is 2. The zero-order valence-corrected chi connectivity index (χ0v) is 19.2. The Labute approximate surface area is 195 Å². The highest BCUT2D eigenvalue weighted by molar-refractivity contribution is 7.12. The van der Waals surface area contributed by atoms with Crippen LogP contribution in [0.15, 0.2) is 54.6 Å². The number of ether oxygens (including phenoxy) is 1. The Kier molecular flexibility index (Phi) is 6.76. The molecule has 33 heavy (non-hydrogen) atoms.